The van der Waals surface area contributed by atoms with E-state index in [0.717, 1.165) is 12.1 Å². The monoisotopic (exact) mass is 381 g/mol. The second kappa shape index (κ2) is 8.57. The predicted octanol–water partition coefficient (Wildman–Crippen LogP) is 3.36. The van der Waals surface area contributed by atoms with Crippen molar-refractivity contribution in [3.05, 3.63) is 64.7 Å². The average Bonchev–Trinajstić information content (AvgIpc) is 2.65. The minimum atomic E-state index is -4.46. The van der Waals surface area contributed by atoms with E-state index in [1.165, 1.54) is 32.4 Å². The smallest absolute Gasteiger partial charge is 0.416 e. The normalized spacial score (nSPS) is 11.0. The van der Waals surface area contributed by atoms with Crippen molar-refractivity contribution in [3.63, 3.8) is 0 Å². The zero-order valence-electron chi connectivity index (χ0n) is 14.7. The SMILES string of the molecule is COC(=O)c1cc(CNC(=O)Cc2cccc(C(F)(F)F)c2)ccc1OC. The van der Waals surface area contributed by atoms with Crippen LogP contribution in [0.3, 0.4) is 0 Å². The van der Waals surface area contributed by atoms with Crippen LogP contribution in [0, 0.1) is 0 Å². The minimum Gasteiger partial charge on any atom is -0.496 e. The van der Waals surface area contributed by atoms with Crippen molar-refractivity contribution in [3.8, 4) is 5.75 Å². The first-order chi connectivity index (χ1) is 12.7. The fraction of sp³-hybridized carbons (Fsp3) is 0.263. The molecule has 0 saturated carbocycles. The third-order valence-electron chi connectivity index (χ3n) is 3.78. The molecule has 2 rings (SSSR count). The van der Waals surface area contributed by atoms with Crippen LogP contribution in [-0.2, 0) is 28.7 Å². The van der Waals surface area contributed by atoms with Gasteiger partial charge in [0, 0.05) is 6.54 Å². The van der Waals surface area contributed by atoms with E-state index in [2.05, 4.69) is 10.1 Å². The van der Waals surface area contributed by atoms with Crippen LogP contribution in [0.2, 0.25) is 0 Å². The maximum Gasteiger partial charge on any atom is 0.416 e. The highest BCUT2D eigenvalue weighted by molar-refractivity contribution is 5.92. The van der Waals surface area contributed by atoms with E-state index < -0.39 is 23.6 Å². The highest BCUT2D eigenvalue weighted by Crippen LogP contribution is 2.29. The summed E-state index contributed by atoms with van der Waals surface area (Å²) < 4.78 is 47.9. The van der Waals surface area contributed by atoms with Gasteiger partial charge in [-0.05, 0) is 29.3 Å². The summed E-state index contributed by atoms with van der Waals surface area (Å²) in [5.41, 5.74) is 0.288. The van der Waals surface area contributed by atoms with Gasteiger partial charge < -0.3 is 14.8 Å². The second-order valence-electron chi connectivity index (χ2n) is 5.68. The molecule has 5 nitrogen and oxygen atoms in total. The molecule has 1 amide bonds. The third kappa shape index (κ3) is 5.47. The molecule has 0 unspecified atom stereocenters. The molecule has 0 saturated heterocycles. The predicted molar refractivity (Wildman–Crippen MR) is 91.3 cm³/mol. The number of nitrogens with one attached hydrogen (secondary N) is 1. The van der Waals surface area contributed by atoms with Crippen molar-refractivity contribution < 1.29 is 32.2 Å². The molecule has 2 aromatic carbocycles. The fourth-order valence-corrected chi connectivity index (χ4v) is 2.44. The number of ether oxygens (including phenoxy) is 2. The number of esters is 1. The summed E-state index contributed by atoms with van der Waals surface area (Å²) in [4.78, 5) is 23.8. The van der Waals surface area contributed by atoms with Gasteiger partial charge in [-0.3, -0.25) is 4.79 Å². The lowest BCUT2D eigenvalue weighted by atomic mass is 10.1. The molecule has 0 heterocycles. The molecule has 0 atom stereocenters. The number of amides is 1. The Hall–Kier alpha value is -3.03. The molecule has 0 aliphatic carbocycles. The molecule has 8 heteroatoms. The van der Waals surface area contributed by atoms with Gasteiger partial charge >= 0.3 is 12.1 Å². The largest absolute Gasteiger partial charge is 0.496 e. The zero-order valence-corrected chi connectivity index (χ0v) is 14.7. The highest BCUT2D eigenvalue weighted by Gasteiger charge is 2.30. The number of alkyl halides is 3. The molecule has 144 valence electrons. The molecule has 0 aliphatic rings. The first-order valence-corrected chi connectivity index (χ1v) is 7.92. The van der Waals surface area contributed by atoms with Gasteiger partial charge in [0.1, 0.15) is 11.3 Å². The lowest BCUT2D eigenvalue weighted by Crippen LogP contribution is -2.25. The Morgan fingerprint density at radius 2 is 1.78 bits per heavy atom. The molecule has 0 radical (unpaired) electrons. The number of rotatable bonds is 6. The van der Waals surface area contributed by atoms with Crippen molar-refractivity contribution in [1.82, 2.24) is 5.32 Å². The number of carbonyl (C=O) groups excluding carboxylic acids is 2. The number of halogens is 3. The summed E-state index contributed by atoms with van der Waals surface area (Å²) in [6.45, 7) is 0.103. The number of hydrogen-bond donors (Lipinski definition) is 1. The Labute approximate surface area is 154 Å². The van der Waals surface area contributed by atoms with Crippen LogP contribution >= 0.6 is 0 Å². The molecular formula is C19H18F3NO4. The Morgan fingerprint density at radius 1 is 1.04 bits per heavy atom. The maximum atomic E-state index is 12.7. The van der Waals surface area contributed by atoms with Gasteiger partial charge in [0.2, 0.25) is 5.91 Å². The molecule has 27 heavy (non-hydrogen) atoms. The van der Waals surface area contributed by atoms with E-state index in [1.54, 1.807) is 12.1 Å². The van der Waals surface area contributed by atoms with Crippen LogP contribution < -0.4 is 10.1 Å². The van der Waals surface area contributed by atoms with Crippen LogP contribution in [0.15, 0.2) is 42.5 Å². The summed E-state index contributed by atoms with van der Waals surface area (Å²) >= 11 is 0. The van der Waals surface area contributed by atoms with E-state index >= 15 is 0 Å². The molecule has 0 fully saturated rings. The topological polar surface area (TPSA) is 64.6 Å². The molecule has 0 spiro atoms. The van der Waals surface area contributed by atoms with E-state index in [1.807, 2.05) is 0 Å². The van der Waals surface area contributed by atoms with E-state index in [0.29, 0.717) is 11.3 Å². The molecule has 0 aromatic heterocycles. The second-order valence-corrected chi connectivity index (χ2v) is 5.68. The van der Waals surface area contributed by atoms with E-state index in [9.17, 15) is 22.8 Å². The summed E-state index contributed by atoms with van der Waals surface area (Å²) in [5.74, 6) is -0.686. The minimum absolute atomic E-state index is 0.103. The molecular weight excluding hydrogens is 363 g/mol. The van der Waals surface area contributed by atoms with Gasteiger partial charge in [0.25, 0.3) is 0 Å². The molecule has 1 N–H and O–H groups in total. The zero-order chi connectivity index (χ0) is 20.0. The molecule has 2 aromatic rings. The highest BCUT2D eigenvalue weighted by atomic mass is 19.4. The average molecular weight is 381 g/mol. The van der Waals surface area contributed by atoms with Crippen molar-refractivity contribution in [1.29, 1.82) is 0 Å². The van der Waals surface area contributed by atoms with E-state index in [-0.39, 0.29) is 24.1 Å². The van der Waals surface area contributed by atoms with Crippen LogP contribution in [0.1, 0.15) is 27.0 Å². The first-order valence-electron chi connectivity index (χ1n) is 7.92. The van der Waals surface area contributed by atoms with Gasteiger partial charge in [-0.15, -0.1) is 0 Å². The fourth-order valence-electron chi connectivity index (χ4n) is 2.44. The van der Waals surface area contributed by atoms with Gasteiger partial charge in [0.05, 0.1) is 26.2 Å². The summed E-state index contributed by atoms with van der Waals surface area (Å²) in [6, 6.07) is 9.37. The van der Waals surface area contributed by atoms with Crippen molar-refractivity contribution in [2.75, 3.05) is 14.2 Å². The standard InChI is InChI=1S/C19H18F3NO4/c1-26-16-7-6-13(9-15(16)18(25)27-2)11-23-17(24)10-12-4-3-5-14(8-12)19(20,21)22/h3-9H,10-11H2,1-2H3,(H,23,24). The Kier molecular flexibility index (Phi) is 6.44. The third-order valence-corrected chi connectivity index (χ3v) is 3.78. The Morgan fingerprint density at radius 3 is 2.41 bits per heavy atom. The number of methoxy groups -OCH3 is 2. The summed E-state index contributed by atoms with van der Waals surface area (Å²) in [6.07, 6.45) is -4.65. The van der Waals surface area contributed by atoms with Crippen LogP contribution in [0.5, 0.6) is 5.75 Å². The maximum absolute atomic E-state index is 12.7. The van der Waals surface area contributed by atoms with Crippen molar-refractivity contribution in [2.45, 2.75) is 19.1 Å². The van der Waals surface area contributed by atoms with Crippen LogP contribution in [-0.4, -0.2) is 26.1 Å². The lowest BCUT2D eigenvalue weighted by molar-refractivity contribution is -0.137. The van der Waals surface area contributed by atoms with E-state index in [4.69, 9.17) is 4.74 Å². The molecule has 0 aliphatic heterocycles. The summed E-state index contributed by atoms with van der Waals surface area (Å²) in [7, 11) is 2.66. The van der Waals surface area contributed by atoms with Crippen molar-refractivity contribution >= 4 is 11.9 Å². The lowest BCUT2D eigenvalue weighted by Gasteiger charge is -2.11. The van der Waals surface area contributed by atoms with Gasteiger partial charge in [-0.1, -0.05) is 24.3 Å². The molecule has 0 bridgehead atoms. The number of hydrogen-bond acceptors (Lipinski definition) is 4. The van der Waals surface area contributed by atoms with Crippen LogP contribution in [0.4, 0.5) is 13.2 Å². The Bertz CT molecular complexity index is 834. The van der Waals surface area contributed by atoms with Crippen molar-refractivity contribution in [2.24, 2.45) is 0 Å². The number of carbonyl (C=O) groups is 2. The quantitative estimate of drug-likeness (QED) is 0.780. The summed E-state index contributed by atoms with van der Waals surface area (Å²) in [5, 5.41) is 2.61. The number of benzene rings is 2. The van der Waals surface area contributed by atoms with Crippen LogP contribution in [0.25, 0.3) is 0 Å². The van der Waals surface area contributed by atoms with Gasteiger partial charge in [-0.25, -0.2) is 4.79 Å². The Balaban J connectivity index is 2.03. The first kappa shape index (κ1) is 20.3. The van der Waals surface area contributed by atoms with Gasteiger partial charge in [0.15, 0.2) is 0 Å². The van der Waals surface area contributed by atoms with Gasteiger partial charge in [-0.2, -0.15) is 13.2 Å².